The number of aryl methyl sites for hydroxylation is 1. The van der Waals surface area contributed by atoms with Crippen molar-refractivity contribution >= 4 is 39.6 Å². The van der Waals surface area contributed by atoms with Crippen LogP contribution in [0.15, 0.2) is 43.2 Å². The van der Waals surface area contributed by atoms with Crippen LogP contribution in [0.2, 0.25) is 0 Å². The number of rotatable bonds is 5. The van der Waals surface area contributed by atoms with Crippen molar-refractivity contribution in [2.24, 2.45) is 7.05 Å². The van der Waals surface area contributed by atoms with E-state index < -0.39 is 17.6 Å². The zero-order valence-electron chi connectivity index (χ0n) is 15.3. The van der Waals surface area contributed by atoms with E-state index in [1.807, 2.05) is 22.6 Å². The van der Waals surface area contributed by atoms with E-state index in [1.54, 1.807) is 46.8 Å². The molecule has 0 saturated heterocycles. The zero-order valence-corrected chi connectivity index (χ0v) is 19.6. The number of benzene rings is 2. The van der Waals surface area contributed by atoms with E-state index in [1.165, 1.54) is 13.2 Å². The van der Waals surface area contributed by atoms with E-state index in [4.69, 9.17) is 4.74 Å². The number of halogens is 4. The lowest BCUT2D eigenvalue weighted by Crippen LogP contribution is -3.00. The third-order valence-corrected chi connectivity index (χ3v) is 5.09. The molecule has 0 N–H and O–H groups in total. The van der Waals surface area contributed by atoms with Gasteiger partial charge in [-0.2, -0.15) is 0 Å². The summed E-state index contributed by atoms with van der Waals surface area (Å²) in [6.07, 6.45) is 3.33. The summed E-state index contributed by atoms with van der Waals surface area (Å²) in [5, 5.41) is 0. The summed E-state index contributed by atoms with van der Waals surface area (Å²) in [5.41, 5.74) is 1.39. The summed E-state index contributed by atoms with van der Waals surface area (Å²) in [6.45, 7) is 4.10. The van der Waals surface area contributed by atoms with Crippen molar-refractivity contribution in [1.29, 1.82) is 0 Å². The van der Waals surface area contributed by atoms with Crippen LogP contribution < -0.4 is 28.5 Å². The standard InChI is InChI=1S/C20H18F2IN2O2.HI/c1-4-7-25-11-24(2)17-10-15(20(26)27-3)14(18(22)19(17)25)8-12-5-6-13(23)9-16(12)21;/h4-6,9-11H,1,7-8H2,2-3H3;1H/q+1;/p-1. The highest BCUT2D eigenvalue weighted by Crippen LogP contribution is 2.27. The van der Waals surface area contributed by atoms with Gasteiger partial charge in [-0.05, 0) is 40.3 Å². The molecule has 28 heavy (non-hydrogen) atoms. The lowest BCUT2D eigenvalue weighted by atomic mass is 9.97. The Morgan fingerprint density at radius 1 is 1.36 bits per heavy atom. The van der Waals surface area contributed by atoms with Crippen molar-refractivity contribution in [3.8, 4) is 0 Å². The van der Waals surface area contributed by atoms with Gasteiger partial charge in [-0.3, -0.25) is 0 Å². The molecule has 2 aromatic carbocycles. The lowest BCUT2D eigenvalue weighted by molar-refractivity contribution is -0.662. The average molecular weight is 610 g/mol. The normalized spacial score (nSPS) is 10.6. The predicted octanol–water partition coefficient (Wildman–Crippen LogP) is 0.916. The number of allylic oxidation sites excluding steroid dienone is 1. The molecule has 0 fully saturated rings. The molecule has 148 valence electrons. The van der Waals surface area contributed by atoms with Crippen LogP contribution in [0.3, 0.4) is 0 Å². The second-order valence-electron chi connectivity index (χ2n) is 6.16. The number of carbonyl (C=O) groups is 1. The Bertz CT molecular complexity index is 1060. The smallest absolute Gasteiger partial charge is 0.338 e. The first-order chi connectivity index (χ1) is 12.9. The molecule has 1 aromatic heterocycles. The van der Waals surface area contributed by atoms with E-state index in [2.05, 4.69) is 6.58 Å². The van der Waals surface area contributed by atoms with Crippen molar-refractivity contribution in [3.05, 3.63) is 75.1 Å². The summed E-state index contributed by atoms with van der Waals surface area (Å²) in [7, 11) is 3.00. The summed E-state index contributed by atoms with van der Waals surface area (Å²) in [4.78, 5) is 12.3. The van der Waals surface area contributed by atoms with Crippen molar-refractivity contribution in [3.63, 3.8) is 0 Å². The summed E-state index contributed by atoms with van der Waals surface area (Å²) in [5.74, 6) is -1.66. The number of hydrogen-bond acceptors (Lipinski definition) is 2. The SMILES string of the molecule is C=CC[n+]1cn(C)c2cc(C(=O)OC)c(Cc3ccc(I)cc3F)c(F)c21.[I-]. The molecule has 0 atom stereocenters. The molecular weight excluding hydrogens is 592 g/mol. The van der Waals surface area contributed by atoms with Gasteiger partial charge >= 0.3 is 5.97 Å². The predicted molar refractivity (Wildman–Crippen MR) is 107 cm³/mol. The number of carbonyl (C=O) groups excluding carboxylic acids is 1. The molecule has 0 aliphatic heterocycles. The second-order valence-corrected chi connectivity index (χ2v) is 7.40. The van der Waals surface area contributed by atoms with Gasteiger partial charge in [-0.25, -0.2) is 22.7 Å². The number of hydrogen-bond donors (Lipinski definition) is 0. The number of esters is 1. The Labute approximate surface area is 192 Å². The molecule has 0 bridgehead atoms. The van der Waals surface area contributed by atoms with E-state index >= 15 is 4.39 Å². The minimum absolute atomic E-state index is 0. The maximum absolute atomic E-state index is 15.5. The van der Waals surface area contributed by atoms with Gasteiger partial charge in [0.25, 0.3) is 0 Å². The van der Waals surface area contributed by atoms with Gasteiger partial charge in [-0.15, -0.1) is 0 Å². The summed E-state index contributed by atoms with van der Waals surface area (Å²) < 4.78 is 38.9. The first-order valence-corrected chi connectivity index (χ1v) is 9.28. The molecule has 0 spiro atoms. The Balaban J connectivity index is 0.00000280. The Morgan fingerprint density at radius 2 is 2.07 bits per heavy atom. The van der Waals surface area contributed by atoms with Gasteiger partial charge in [-0.1, -0.05) is 18.7 Å². The van der Waals surface area contributed by atoms with Crippen LogP contribution in [0.5, 0.6) is 0 Å². The highest BCUT2D eigenvalue weighted by molar-refractivity contribution is 14.1. The molecule has 8 heteroatoms. The van der Waals surface area contributed by atoms with Crippen molar-refractivity contribution in [2.45, 2.75) is 13.0 Å². The van der Waals surface area contributed by atoms with Crippen LogP contribution in [0.25, 0.3) is 11.0 Å². The van der Waals surface area contributed by atoms with E-state index in [9.17, 15) is 9.18 Å². The van der Waals surface area contributed by atoms with E-state index in [-0.39, 0.29) is 41.5 Å². The van der Waals surface area contributed by atoms with Crippen LogP contribution in [-0.2, 0) is 24.8 Å². The molecule has 0 radical (unpaired) electrons. The number of nitrogens with zero attached hydrogens (tertiary/aromatic N) is 2. The summed E-state index contributed by atoms with van der Waals surface area (Å²) >= 11 is 2.01. The quantitative estimate of drug-likeness (QED) is 0.187. The maximum Gasteiger partial charge on any atom is 0.338 e. The van der Waals surface area contributed by atoms with Gasteiger partial charge in [0.15, 0.2) is 11.3 Å². The topological polar surface area (TPSA) is 35.1 Å². The Hall–Kier alpha value is -1.56. The van der Waals surface area contributed by atoms with Crippen LogP contribution in [0.1, 0.15) is 21.5 Å². The van der Waals surface area contributed by atoms with E-state index in [0.29, 0.717) is 23.1 Å². The van der Waals surface area contributed by atoms with Crippen LogP contribution in [0.4, 0.5) is 8.78 Å². The molecule has 0 amide bonds. The number of imidazole rings is 1. The van der Waals surface area contributed by atoms with Crippen molar-refractivity contribution in [2.75, 3.05) is 7.11 Å². The second kappa shape index (κ2) is 9.29. The van der Waals surface area contributed by atoms with Gasteiger partial charge in [0, 0.05) is 21.6 Å². The minimum atomic E-state index is -0.659. The van der Waals surface area contributed by atoms with Crippen LogP contribution in [-0.4, -0.2) is 17.6 Å². The van der Waals surface area contributed by atoms with Gasteiger partial charge in [0.05, 0.1) is 19.7 Å². The highest BCUT2D eigenvalue weighted by Gasteiger charge is 2.27. The largest absolute Gasteiger partial charge is 1.00 e. The van der Waals surface area contributed by atoms with E-state index in [0.717, 1.165) is 3.57 Å². The first-order valence-electron chi connectivity index (χ1n) is 8.20. The Morgan fingerprint density at radius 3 is 2.68 bits per heavy atom. The monoisotopic (exact) mass is 610 g/mol. The fourth-order valence-corrected chi connectivity index (χ4v) is 3.59. The van der Waals surface area contributed by atoms with Gasteiger partial charge in [0.1, 0.15) is 12.4 Å². The fourth-order valence-electron chi connectivity index (χ4n) is 3.13. The van der Waals surface area contributed by atoms with Gasteiger partial charge in [0.2, 0.25) is 11.8 Å². The maximum atomic E-state index is 15.5. The summed E-state index contributed by atoms with van der Waals surface area (Å²) in [6, 6.07) is 6.31. The third kappa shape index (κ3) is 4.22. The van der Waals surface area contributed by atoms with Gasteiger partial charge < -0.3 is 28.7 Å². The van der Waals surface area contributed by atoms with Crippen molar-refractivity contribution < 1.29 is 46.9 Å². The first kappa shape index (κ1) is 22.7. The molecule has 3 aromatic rings. The molecular formula is C20H18F2I2N2O2. The molecule has 0 saturated carbocycles. The minimum Gasteiger partial charge on any atom is -1.00 e. The molecule has 0 aliphatic rings. The fraction of sp³-hybridized carbons (Fsp3) is 0.200. The van der Waals surface area contributed by atoms with Crippen molar-refractivity contribution in [1.82, 2.24) is 4.57 Å². The van der Waals surface area contributed by atoms with Crippen LogP contribution in [0, 0.1) is 15.2 Å². The lowest BCUT2D eigenvalue weighted by Gasteiger charge is -2.11. The average Bonchev–Trinajstić information content (AvgIpc) is 2.94. The number of aromatic nitrogens is 2. The third-order valence-electron chi connectivity index (χ3n) is 4.41. The molecule has 3 rings (SSSR count). The molecule has 0 unspecified atom stereocenters. The number of fused-ring (bicyclic) bond motifs is 1. The number of methoxy groups -OCH3 is 1. The molecule has 0 aliphatic carbocycles. The van der Waals surface area contributed by atoms with Crippen LogP contribution >= 0.6 is 22.6 Å². The number of ether oxygens (including phenoxy) is 1. The molecule has 4 nitrogen and oxygen atoms in total. The Kier molecular flexibility index (Phi) is 7.54. The highest BCUT2D eigenvalue weighted by atomic mass is 127. The zero-order chi connectivity index (χ0) is 19.7. The molecule has 1 heterocycles.